The SMILES string of the molecule is CCOC(=O)Nc1nc2c(s1)CN(C(=O)c1cc(-c3cccs3)[nH]n1)CC2. The van der Waals surface area contributed by atoms with E-state index >= 15 is 0 Å². The van der Waals surface area contributed by atoms with Crippen LogP contribution in [0.2, 0.25) is 0 Å². The van der Waals surface area contributed by atoms with Crippen molar-refractivity contribution < 1.29 is 14.3 Å². The van der Waals surface area contributed by atoms with Gasteiger partial charge in [-0.3, -0.25) is 15.2 Å². The molecule has 0 unspecified atom stereocenters. The highest BCUT2D eigenvalue weighted by Gasteiger charge is 2.27. The number of thiophene rings is 1. The predicted molar refractivity (Wildman–Crippen MR) is 103 cm³/mol. The average molecular weight is 403 g/mol. The van der Waals surface area contributed by atoms with Gasteiger partial charge in [-0.2, -0.15) is 5.10 Å². The number of carbonyl (C=O) groups is 2. The van der Waals surface area contributed by atoms with Crippen molar-refractivity contribution in [3.05, 3.63) is 39.8 Å². The molecule has 8 nitrogen and oxygen atoms in total. The van der Waals surface area contributed by atoms with Crippen LogP contribution >= 0.6 is 22.7 Å². The molecule has 2 amide bonds. The van der Waals surface area contributed by atoms with Crippen LogP contribution in [0, 0.1) is 0 Å². The molecular formula is C17H17N5O3S2. The van der Waals surface area contributed by atoms with Crippen LogP contribution in [0.5, 0.6) is 0 Å². The monoisotopic (exact) mass is 403 g/mol. The number of H-pyrrole nitrogens is 1. The Morgan fingerprint density at radius 3 is 3.11 bits per heavy atom. The number of nitrogens with one attached hydrogen (secondary N) is 2. The van der Waals surface area contributed by atoms with E-state index in [4.69, 9.17) is 4.74 Å². The number of anilines is 1. The Hall–Kier alpha value is -2.72. The summed E-state index contributed by atoms with van der Waals surface area (Å²) in [7, 11) is 0. The van der Waals surface area contributed by atoms with Gasteiger partial charge in [-0.25, -0.2) is 9.78 Å². The average Bonchev–Trinajstić information content (AvgIpc) is 3.39. The molecule has 10 heteroatoms. The number of hydrogen-bond acceptors (Lipinski definition) is 7. The molecule has 0 aliphatic carbocycles. The first-order valence-electron chi connectivity index (χ1n) is 8.45. The van der Waals surface area contributed by atoms with Gasteiger partial charge in [-0.1, -0.05) is 17.4 Å². The minimum atomic E-state index is -0.519. The summed E-state index contributed by atoms with van der Waals surface area (Å²) in [5.41, 5.74) is 2.15. The Kier molecular flexibility index (Phi) is 4.90. The number of aromatic amines is 1. The van der Waals surface area contributed by atoms with Crippen LogP contribution in [0.1, 0.15) is 28.0 Å². The lowest BCUT2D eigenvalue weighted by Gasteiger charge is -2.25. The highest BCUT2D eigenvalue weighted by atomic mass is 32.1. The van der Waals surface area contributed by atoms with Crippen molar-refractivity contribution >= 4 is 39.8 Å². The summed E-state index contributed by atoms with van der Waals surface area (Å²) in [6, 6.07) is 5.72. The third-order valence-corrected chi connectivity index (χ3v) is 5.99. The lowest BCUT2D eigenvalue weighted by atomic mass is 10.1. The summed E-state index contributed by atoms with van der Waals surface area (Å²) in [6.07, 6.45) is 0.124. The summed E-state index contributed by atoms with van der Waals surface area (Å²) in [4.78, 5) is 32.5. The standard InChI is InChI=1S/C17H17N5O3S2/c1-2-25-17(24)19-16-18-10-5-6-22(9-14(10)27-16)15(23)12-8-11(20-21-12)13-4-3-7-26-13/h3-4,7-8H,2,5-6,9H2,1H3,(H,20,21)(H,18,19,24). The van der Waals surface area contributed by atoms with E-state index in [1.54, 1.807) is 29.2 Å². The van der Waals surface area contributed by atoms with Gasteiger partial charge in [0.2, 0.25) is 0 Å². The molecule has 0 saturated carbocycles. The number of carbonyl (C=O) groups excluding carboxylic acids is 2. The van der Waals surface area contributed by atoms with Crippen molar-refractivity contribution in [2.75, 3.05) is 18.5 Å². The van der Waals surface area contributed by atoms with Gasteiger partial charge in [-0.05, 0) is 24.4 Å². The lowest BCUT2D eigenvalue weighted by Crippen LogP contribution is -2.35. The fourth-order valence-corrected chi connectivity index (χ4v) is 4.53. The van der Waals surface area contributed by atoms with E-state index in [-0.39, 0.29) is 5.91 Å². The number of fused-ring (bicyclic) bond motifs is 1. The van der Waals surface area contributed by atoms with Crippen molar-refractivity contribution in [1.29, 1.82) is 0 Å². The van der Waals surface area contributed by atoms with E-state index in [0.717, 1.165) is 21.1 Å². The minimum absolute atomic E-state index is 0.118. The molecule has 140 valence electrons. The van der Waals surface area contributed by atoms with Gasteiger partial charge in [0.1, 0.15) is 0 Å². The number of aromatic nitrogens is 3. The fourth-order valence-electron chi connectivity index (χ4n) is 2.83. The van der Waals surface area contributed by atoms with Gasteiger partial charge in [0, 0.05) is 17.8 Å². The van der Waals surface area contributed by atoms with Gasteiger partial charge < -0.3 is 9.64 Å². The zero-order chi connectivity index (χ0) is 18.8. The van der Waals surface area contributed by atoms with Crippen LogP contribution in [0.3, 0.4) is 0 Å². The van der Waals surface area contributed by atoms with E-state index in [1.807, 2.05) is 17.5 Å². The minimum Gasteiger partial charge on any atom is -0.450 e. The molecule has 1 aliphatic rings. The van der Waals surface area contributed by atoms with Crippen LogP contribution in [-0.4, -0.2) is 45.2 Å². The van der Waals surface area contributed by atoms with Crippen molar-refractivity contribution in [2.24, 2.45) is 0 Å². The van der Waals surface area contributed by atoms with Gasteiger partial charge in [0.15, 0.2) is 10.8 Å². The van der Waals surface area contributed by atoms with Crippen LogP contribution in [0.15, 0.2) is 23.6 Å². The smallest absolute Gasteiger partial charge is 0.413 e. The van der Waals surface area contributed by atoms with Crippen LogP contribution in [0.4, 0.5) is 9.93 Å². The van der Waals surface area contributed by atoms with E-state index < -0.39 is 6.09 Å². The summed E-state index contributed by atoms with van der Waals surface area (Å²) < 4.78 is 4.87. The molecular weight excluding hydrogens is 386 g/mol. The maximum Gasteiger partial charge on any atom is 0.413 e. The number of nitrogens with zero attached hydrogens (tertiary/aromatic N) is 3. The second-order valence-electron chi connectivity index (χ2n) is 5.86. The Balaban J connectivity index is 1.45. The molecule has 0 fully saturated rings. The normalized spacial score (nSPS) is 13.3. The lowest BCUT2D eigenvalue weighted by molar-refractivity contribution is 0.0730. The zero-order valence-electron chi connectivity index (χ0n) is 14.5. The maximum atomic E-state index is 12.8. The number of ether oxygens (including phenoxy) is 1. The Bertz CT molecular complexity index is 963. The van der Waals surface area contributed by atoms with Crippen molar-refractivity contribution in [3.63, 3.8) is 0 Å². The summed E-state index contributed by atoms with van der Waals surface area (Å²) >= 11 is 2.96. The molecule has 3 aromatic rings. The van der Waals surface area contributed by atoms with E-state index in [1.165, 1.54) is 11.3 Å². The Morgan fingerprint density at radius 2 is 2.33 bits per heavy atom. The van der Waals surface area contributed by atoms with Crippen LogP contribution < -0.4 is 5.32 Å². The van der Waals surface area contributed by atoms with Crippen LogP contribution in [0.25, 0.3) is 10.6 Å². The molecule has 4 heterocycles. The molecule has 1 aliphatic heterocycles. The number of amides is 2. The van der Waals surface area contributed by atoms with Gasteiger partial charge in [-0.15, -0.1) is 11.3 Å². The Morgan fingerprint density at radius 1 is 1.44 bits per heavy atom. The predicted octanol–water partition coefficient (Wildman–Crippen LogP) is 3.36. The first-order chi connectivity index (χ1) is 13.1. The molecule has 2 N–H and O–H groups in total. The summed E-state index contributed by atoms with van der Waals surface area (Å²) in [5, 5.41) is 12.2. The third-order valence-electron chi connectivity index (χ3n) is 4.09. The topological polar surface area (TPSA) is 100 Å². The van der Waals surface area contributed by atoms with Crippen LogP contribution in [-0.2, 0) is 17.7 Å². The molecule has 0 atom stereocenters. The highest BCUT2D eigenvalue weighted by Crippen LogP contribution is 2.29. The quantitative estimate of drug-likeness (QED) is 0.696. The second-order valence-corrected chi connectivity index (χ2v) is 7.89. The number of rotatable bonds is 4. The Labute approximate surface area is 163 Å². The molecule has 0 spiro atoms. The number of thiazole rings is 1. The molecule has 0 saturated heterocycles. The summed E-state index contributed by atoms with van der Waals surface area (Å²) in [5.74, 6) is -0.118. The summed E-state index contributed by atoms with van der Waals surface area (Å²) in [6.45, 7) is 3.07. The molecule has 0 radical (unpaired) electrons. The molecule has 27 heavy (non-hydrogen) atoms. The maximum absolute atomic E-state index is 12.8. The van der Waals surface area contributed by atoms with E-state index in [2.05, 4.69) is 20.5 Å². The van der Waals surface area contributed by atoms with Crippen molar-refractivity contribution in [3.8, 4) is 10.6 Å². The molecule has 3 aromatic heterocycles. The van der Waals surface area contributed by atoms with Gasteiger partial charge in [0.05, 0.1) is 29.4 Å². The molecule has 0 bridgehead atoms. The first kappa shape index (κ1) is 17.7. The second kappa shape index (κ2) is 7.49. The third kappa shape index (κ3) is 3.71. The van der Waals surface area contributed by atoms with E-state index in [9.17, 15) is 9.59 Å². The first-order valence-corrected chi connectivity index (χ1v) is 10.1. The molecule has 0 aromatic carbocycles. The fraction of sp³-hybridized carbons (Fsp3) is 0.294. The van der Waals surface area contributed by atoms with Gasteiger partial charge in [0.25, 0.3) is 5.91 Å². The highest BCUT2D eigenvalue weighted by molar-refractivity contribution is 7.15. The largest absolute Gasteiger partial charge is 0.450 e. The number of hydrogen-bond donors (Lipinski definition) is 2. The van der Waals surface area contributed by atoms with E-state index in [0.29, 0.717) is 36.9 Å². The zero-order valence-corrected chi connectivity index (χ0v) is 16.2. The molecule has 4 rings (SSSR count). The van der Waals surface area contributed by atoms with Gasteiger partial charge >= 0.3 is 6.09 Å². The van der Waals surface area contributed by atoms with Crippen molar-refractivity contribution in [1.82, 2.24) is 20.1 Å². The van der Waals surface area contributed by atoms with Crippen molar-refractivity contribution in [2.45, 2.75) is 19.9 Å².